The number of benzene rings is 4. The summed E-state index contributed by atoms with van der Waals surface area (Å²) >= 11 is -2.74. The van der Waals surface area contributed by atoms with Gasteiger partial charge in [0.1, 0.15) is 0 Å². The minimum atomic E-state index is -2.74. The molecule has 0 unspecified atom stereocenters. The van der Waals surface area contributed by atoms with Crippen molar-refractivity contribution in [1.29, 1.82) is 0 Å². The molecular formula is C43H48Zr. The van der Waals surface area contributed by atoms with Crippen molar-refractivity contribution in [3.63, 3.8) is 0 Å². The summed E-state index contributed by atoms with van der Waals surface area (Å²) in [5, 5.41) is 0. The second-order valence-electron chi connectivity index (χ2n) is 15.8. The van der Waals surface area contributed by atoms with Crippen LogP contribution < -0.4 is 0 Å². The van der Waals surface area contributed by atoms with E-state index in [1.165, 1.54) is 39.0 Å². The van der Waals surface area contributed by atoms with Crippen molar-refractivity contribution in [3.05, 3.63) is 151 Å². The molecule has 4 aromatic carbocycles. The molecule has 0 heterocycles. The van der Waals surface area contributed by atoms with Crippen LogP contribution in [0.2, 0.25) is 0 Å². The molecule has 0 amide bonds. The Hall–Kier alpha value is -2.89. The molecular weight excluding hydrogens is 608 g/mol. The zero-order chi connectivity index (χ0) is 31.4. The molecule has 0 N–H and O–H groups in total. The van der Waals surface area contributed by atoms with Gasteiger partial charge in [0.15, 0.2) is 0 Å². The average Bonchev–Trinajstić information content (AvgIpc) is 3.59. The van der Waals surface area contributed by atoms with E-state index in [4.69, 9.17) is 0 Å². The van der Waals surface area contributed by atoms with Crippen molar-refractivity contribution in [2.45, 2.75) is 83.2 Å². The van der Waals surface area contributed by atoms with Gasteiger partial charge < -0.3 is 0 Å². The number of allylic oxidation sites excluding steroid dienone is 4. The molecule has 0 aliphatic heterocycles. The maximum absolute atomic E-state index is 2.74. The molecule has 0 spiro atoms. The molecule has 6 rings (SSSR count). The molecule has 0 bridgehead atoms. The number of hydrogen-bond donors (Lipinski definition) is 0. The number of fused-ring (bicyclic) bond motifs is 3. The Balaban J connectivity index is 1.72. The third-order valence-electron chi connectivity index (χ3n) is 9.52. The SMILES string of the molecule is CC(C)(C)C1=CC[C]([Zr](=[C](c2ccccc2)c2ccccc2)[CH]2c3ccc(C(C)(C)C)cc3-c3cc(C(C)(C)C)ccc32)=C1. The topological polar surface area (TPSA) is 0 Å². The van der Waals surface area contributed by atoms with Crippen LogP contribution in [0, 0.1) is 5.41 Å². The zero-order valence-corrected chi connectivity index (χ0v) is 30.6. The van der Waals surface area contributed by atoms with Gasteiger partial charge >= 0.3 is 276 Å². The van der Waals surface area contributed by atoms with Gasteiger partial charge in [-0.2, -0.15) is 0 Å². The van der Waals surface area contributed by atoms with Crippen LogP contribution in [0.25, 0.3) is 11.1 Å². The van der Waals surface area contributed by atoms with Crippen LogP contribution in [0.4, 0.5) is 0 Å². The van der Waals surface area contributed by atoms with Gasteiger partial charge in [-0.15, -0.1) is 0 Å². The van der Waals surface area contributed by atoms with Crippen LogP contribution in [0.3, 0.4) is 0 Å². The fourth-order valence-electron chi connectivity index (χ4n) is 6.91. The van der Waals surface area contributed by atoms with E-state index in [-0.39, 0.29) is 16.2 Å². The summed E-state index contributed by atoms with van der Waals surface area (Å²) in [6.07, 6.45) is 6.24. The first-order valence-electron chi connectivity index (χ1n) is 16.3. The molecule has 1 heteroatoms. The van der Waals surface area contributed by atoms with Gasteiger partial charge in [0, 0.05) is 0 Å². The molecule has 2 aliphatic rings. The van der Waals surface area contributed by atoms with E-state index < -0.39 is 21.3 Å². The molecule has 44 heavy (non-hydrogen) atoms. The average molecular weight is 656 g/mol. The number of hydrogen-bond acceptors (Lipinski definition) is 0. The third kappa shape index (κ3) is 5.90. The van der Waals surface area contributed by atoms with Crippen molar-refractivity contribution in [2.24, 2.45) is 5.41 Å². The van der Waals surface area contributed by atoms with Crippen LogP contribution in [0.5, 0.6) is 0 Å². The van der Waals surface area contributed by atoms with Crippen molar-refractivity contribution in [1.82, 2.24) is 0 Å². The number of rotatable bonds is 4. The van der Waals surface area contributed by atoms with Crippen molar-refractivity contribution in [3.8, 4) is 11.1 Å². The molecule has 0 fully saturated rings. The summed E-state index contributed by atoms with van der Waals surface area (Å²) < 4.78 is 3.75. The van der Waals surface area contributed by atoms with Crippen LogP contribution in [-0.4, -0.2) is 3.21 Å². The Morgan fingerprint density at radius 2 is 1.02 bits per heavy atom. The van der Waals surface area contributed by atoms with Gasteiger partial charge in [-0.3, -0.25) is 0 Å². The second-order valence-corrected chi connectivity index (χ2v) is 22.1. The van der Waals surface area contributed by atoms with Crippen LogP contribution in [0.1, 0.15) is 106 Å². The van der Waals surface area contributed by atoms with E-state index in [1.807, 2.05) is 0 Å². The third-order valence-corrected chi connectivity index (χ3v) is 17.8. The first kappa shape index (κ1) is 31.1. The first-order chi connectivity index (χ1) is 20.7. The van der Waals surface area contributed by atoms with E-state index in [0.29, 0.717) is 3.63 Å². The Morgan fingerprint density at radius 1 is 0.568 bits per heavy atom. The van der Waals surface area contributed by atoms with Crippen LogP contribution in [-0.2, 0) is 32.1 Å². The molecule has 0 aromatic heterocycles. The second kappa shape index (κ2) is 11.5. The molecule has 4 aromatic rings. The molecule has 224 valence electrons. The van der Waals surface area contributed by atoms with Gasteiger partial charge in [-0.05, 0) is 0 Å². The first-order valence-corrected chi connectivity index (χ1v) is 20.2. The Labute approximate surface area is 274 Å². The van der Waals surface area contributed by atoms with Crippen LogP contribution >= 0.6 is 0 Å². The van der Waals surface area contributed by atoms with E-state index in [9.17, 15) is 0 Å². The Morgan fingerprint density at radius 3 is 1.41 bits per heavy atom. The minimum absolute atomic E-state index is 0.0986. The van der Waals surface area contributed by atoms with Gasteiger partial charge in [-0.25, -0.2) is 0 Å². The van der Waals surface area contributed by atoms with Crippen molar-refractivity contribution < 1.29 is 21.3 Å². The predicted octanol–water partition coefficient (Wildman–Crippen LogP) is 11.5. The summed E-state index contributed by atoms with van der Waals surface area (Å²) in [4.78, 5) is 0. The Bertz CT molecular complexity index is 1690. The summed E-state index contributed by atoms with van der Waals surface area (Å²) in [5.74, 6) is 0. The normalized spacial score (nSPS) is 15.0. The maximum atomic E-state index is 2.63. The molecule has 2 aliphatic carbocycles. The van der Waals surface area contributed by atoms with Crippen molar-refractivity contribution in [2.75, 3.05) is 0 Å². The van der Waals surface area contributed by atoms with Gasteiger partial charge in [-0.1, -0.05) is 0 Å². The van der Waals surface area contributed by atoms with E-state index in [0.717, 1.165) is 6.42 Å². The zero-order valence-electron chi connectivity index (χ0n) is 28.2. The van der Waals surface area contributed by atoms with Gasteiger partial charge in [0.2, 0.25) is 0 Å². The van der Waals surface area contributed by atoms with Gasteiger partial charge in [0.25, 0.3) is 0 Å². The van der Waals surface area contributed by atoms with E-state index >= 15 is 0 Å². The molecule has 0 atom stereocenters. The Kier molecular flexibility index (Phi) is 8.12. The quantitative estimate of drug-likeness (QED) is 0.205. The fourth-order valence-corrected chi connectivity index (χ4v) is 16.0. The van der Waals surface area contributed by atoms with E-state index in [2.05, 4.69) is 172 Å². The summed E-state index contributed by atoms with van der Waals surface area (Å²) in [5.41, 5.74) is 13.5. The van der Waals surface area contributed by atoms with Crippen molar-refractivity contribution >= 4 is 3.21 Å². The van der Waals surface area contributed by atoms with Crippen LogP contribution in [0.15, 0.2) is 118 Å². The molecule has 0 saturated carbocycles. The molecule has 0 saturated heterocycles. The summed E-state index contributed by atoms with van der Waals surface area (Å²) in [7, 11) is 0. The predicted molar refractivity (Wildman–Crippen MR) is 187 cm³/mol. The monoisotopic (exact) mass is 654 g/mol. The molecule has 0 nitrogen and oxygen atoms in total. The van der Waals surface area contributed by atoms with E-state index in [1.54, 1.807) is 17.6 Å². The molecule has 0 radical (unpaired) electrons. The summed E-state index contributed by atoms with van der Waals surface area (Å²) in [6, 6.07) is 37.6. The fraction of sp³-hybridized carbons (Fsp3) is 0.326. The standard InChI is InChI=1S/C21H25.C13H10.C9H13.Zr/c1-20(2,3)16-9-7-14-11-15-8-10-17(21(4,5)6)13-19(15)18(14)12-16;1-3-7-12(8-4-1)11-13-9-5-2-6-10-13;1-9(2,3)8-6-4-5-7-8;/h7-13H,1-6H3;1-10H;6-7H,4H2,1-3H3;. The van der Waals surface area contributed by atoms with Gasteiger partial charge in [0.05, 0.1) is 0 Å². The summed E-state index contributed by atoms with van der Waals surface area (Å²) in [6.45, 7) is 21.1.